The summed E-state index contributed by atoms with van der Waals surface area (Å²) in [5, 5.41) is 0.768. The van der Waals surface area contributed by atoms with Crippen LogP contribution in [-0.4, -0.2) is 9.97 Å². The van der Waals surface area contributed by atoms with Crippen molar-refractivity contribution in [1.29, 1.82) is 0 Å². The minimum absolute atomic E-state index is 0.108. The molecule has 5 heteroatoms. The molecule has 0 unspecified atom stereocenters. The van der Waals surface area contributed by atoms with Crippen LogP contribution >= 0.6 is 11.6 Å². The van der Waals surface area contributed by atoms with Gasteiger partial charge in [-0.15, -0.1) is 0 Å². The largest absolute Gasteiger partial charge is 0.325 e. The van der Waals surface area contributed by atoms with Crippen molar-refractivity contribution in [3.63, 3.8) is 0 Å². The fourth-order valence-corrected chi connectivity index (χ4v) is 4.43. The van der Waals surface area contributed by atoms with Crippen LogP contribution in [0.4, 0.5) is 0 Å². The topological polar surface area (TPSA) is 65.7 Å². The van der Waals surface area contributed by atoms with E-state index in [1.807, 2.05) is 43.3 Å². The summed E-state index contributed by atoms with van der Waals surface area (Å²) in [6.45, 7) is 2.03. The number of nitrogens with one attached hydrogen (secondary N) is 2. The first-order valence-electron chi connectivity index (χ1n) is 9.86. The Balaban J connectivity index is 1.65. The average molecular weight is 407 g/mol. The van der Waals surface area contributed by atoms with Crippen LogP contribution in [0.15, 0.2) is 64.2 Å². The summed E-state index contributed by atoms with van der Waals surface area (Å²) < 4.78 is 0. The van der Waals surface area contributed by atoms with E-state index in [0.717, 1.165) is 46.7 Å². The van der Waals surface area contributed by atoms with Crippen molar-refractivity contribution in [2.75, 3.05) is 0 Å². The molecule has 3 aromatic rings. The Morgan fingerprint density at radius 3 is 2.55 bits per heavy atom. The van der Waals surface area contributed by atoms with Gasteiger partial charge in [0.25, 0.3) is 5.56 Å². The molecule has 1 aliphatic rings. The van der Waals surface area contributed by atoms with Gasteiger partial charge in [0.1, 0.15) is 0 Å². The molecule has 4 rings (SSSR count). The van der Waals surface area contributed by atoms with Crippen LogP contribution in [0.25, 0.3) is 5.57 Å². The maximum absolute atomic E-state index is 12.6. The molecular weight excluding hydrogens is 384 g/mol. The third-order valence-corrected chi connectivity index (χ3v) is 5.90. The Kier molecular flexibility index (Phi) is 5.54. The third kappa shape index (κ3) is 4.28. The highest BCUT2D eigenvalue weighted by molar-refractivity contribution is 6.32. The maximum Gasteiger partial charge on any atom is 0.325 e. The first-order valence-corrected chi connectivity index (χ1v) is 10.2. The van der Waals surface area contributed by atoms with Gasteiger partial charge in [0.15, 0.2) is 0 Å². The van der Waals surface area contributed by atoms with Crippen LogP contribution in [0.1, 0.15) is 53.1 Å². The summed E-state index contributed by atoms with van der Waals surface area (Å²) in [4.78, 5) is 29.8. The Labute approximate surface area is 174 Å². The number of halogens is 1. The van der Waals surface area contributed by atoms with E-state index in [0.29, 0.717) is 12.0 Å². The number of aromatic amines is 2. The second kappa shape index (κ2) is 8.26. The minimum Gasteiger partial charge on any atom is -0.311 e. The first kappa shape index (κ1) is 19.5. The van der Waals surface area contributed by atoms with E-state index in [1.165, 1.54) is 5.57 Å². The second-order valence-electron chi connectivity index (χ2n) is 7.65. The highest BCUT2D eigenvalue weighted by atomic mass is 35.5. The molecule has 29 heavy (non-hydrogen) atoms. The van der Waals surface area contributed by atoms with Crippen molar-refractivity contribution in [3.05, 3.63) is 108 Å². The Morgan fingerprint density at radius 2 is 1.86 bits per heavy atom. The van der Waals surface area contributed by atoms with Crippen molar-refractivity contribution in [3.8, 4) is 0 Å². The number of hydrogen-bond donors (Lipinski definition) is 2. The highest BCUT2D eigenvalue weighted by Crippen LogP contribution is 2.38. The van der Waals surface area contributed by atoms with Gasteiger partial charge in [-0.05, 0) is 54.5 Å². The van der Waals surface area contributed by atoms with Gasteiger partial charge in [0.05, 0.1) is 0 Å². The predicted molar refractivity (Wildman–Crippen MR) is 118 cm³/mol. The molecule has 0 saturated heterocycles. The molecule has 1 heterocycles. The normalized spacial score (nSPS) is 16.5. The van der Waals surface area contributed by atoms with Gasteiger partial charge < -0.3 is 4.98 Å². The van der Waals surface area contributed by atoms with E-state index in [9.17, 15) is 9.59 Å². The molecule has 0 amide bonds. The molecule has 1 atom stereocenters. The van der Waals surface area contributed by atoms with Crippen molar-refractivity contribution in [2.45, 2.75) is 38.5 Å². The molecule has 0 saturated carbocycles. The van der Waals surface area contributed by atoms with Crippen LogP contribution in [-0.2, 0) is 6.42 Å². The maximum atomic E-state index is 12.6. The van der Waals surface area contributed by atoms with Crippen LogP contribution in [0, 0.1) is 6.92 Å². The fourth-order valence-electron chi connectivity index (χ4n) is 4.08. The summed E-state index contributed by atoms with van der Waals surface area (Å²) >= 11 is 6.44. The first-order chi connectivity index (χ1) is 14.0. The molecule has 2 aromatic carbocycles. The van der Waals surface area contributed by atoms with Crippen molar-refractivity contribution >= 4 is 17.2 Å². The van der Waals surface area contributed by atoms with Crippen LogP contribution < -0.4 is 11.2 Å². The number of H-pyrrole nitrogens is 2. The lowest BCUT2D eigenvalue weighted by molar-refractivity contribution is 0.596. The number of benzene rings is 2. The SMILES string of the molecule is Cc1ccc(C2=CC[C@H](c3[nH]c(=O)[nH]c(=O)c3Cc3ccccc3)CC2)c(Cl)c1. The number of hydrogen-bond acceptors (Lipinski definition) is 2. The van der Waals surface area contributed by atoms with Crippen LogP contribution in [0.3, 0.4) is 0 Å². The zero-order valence-electron chi connectivity index (χ0n) is 16.3. The quantitative estimate of drug-likeness (QED) is 0.642. The number of aromatic nitrogens is 2. The fraction of sp³-hybridized carbons (Fsp3) is 0.250. The summed E-state index contributed by atoms with van der Waals surface area (Å²) in [7, 11) is 0. The molecule has 148 valence electrons. The van der Waals surface area contributed by atoms with Gasteiger partial charge in [-0.2, -0.15) is 0 Å². The lowest BCUT2D eigenvalue weighted by Gasteiger charge is -2.24. The van der Waals surface area contributed by atoms with Crippen molar-refractivity contribution < 1.29 is 0 Å². The van der Waals surface area contributed by atoms with E-state index in [2.05, 4.69) is 28.2 Å². The minimum atomic E-state index is -0.446. The summed E-state index contributed by atoms with van der Waals surface area (Å²) in [6, 6.07) is 16.0. The number of allylic oxidation sites excluding steroid dienone is 2. The monoisotopic (exact) mass is 406 g/mol. The van der Waals surface area contributed by atoms with E-state index >= 15 is 0 Å². The molecule has 1 aromatic heterocycles. The van der Waals surface area contributed by atoms with Gasteiger partial charge in [0, 0.05) is 28.6 Å². The molecular formula is C24H23ClN2O2. The molecule has 1 aliphatic carbocycles. The smallest absolute Gasteiger partial charge is 0.311 e. The van der Waals surface area contributed by atoms with Gasteiger partial charge in [-0.3, -0.25) is 9.78 Å². The zero-order chi connectivity index (χ0) is 20.4. The summed E-state index contributed by atoms with van der Waals surface area (Å²) in [6.07, 6.45) is 5.17. The van der Waals surface area contributed by atoms with E-state index < -0.39 is 5.69 Å². The van der Waals surface area contributed by atoms with E-state index in [4.69, 9.17) is 11.6 Å². The molecule has 4 nitrogen and oxygen atoms in total. The highest BCUT2D eigenvalue weighted by Gasteiger charge is 2.23. The van der Waals surface area contributed by atoms with Gasteiger partial charge in [0.2, 0.25) is 0 Å². The van der Waals surface area contributed by atoms with Crippen molar-refractivity contribution in [2.24, 2.45) is 0 Å². The molecule has 0 aliphatic heterocycles. The summed E-state index contributed by atoms with van der Waals surface area (Å²) in [5.74, 6) is 0.108. The van der Waals surface area contributed by atoms with Gasteiger partial charge >= 0.3 is 5.69 Å². The van der Waals surface area contributed by atoms with Gasteiger partial charge in [-0.1, -0.05) is 60.1 Å². The Bertz CT molecular complexity index is 1180. The number of aryl methyl sites for hydroxylation is 1. The van der Waals surface area contributed by atoms with Crippen molar-refractivity contribution in [1.82, 2.24) is 9.97 Å². The van der Waals surface area contributed by atoms with Crippen LogP contribution in [0.2, 0.25) is 5.02 Å². The molecule has 2 N–H and O–H groups in total. The lowest BCUT2D eigenvalue weighted by atomic mass is 9.82. The Morgan fingerprint density at radius 1 is 1.07 bits per heavy atom. The lowest BCUT2D eigenvalue weighted by Crippen LogP contribution is -2.30. The predicted octanol–water partition coefficient (Wildman–Crippen LogP) is 4.97. The van der Waals surface area contributed by atoms with E-state index in [1.54, 1.807) is 0 Å². The summed E-state index contributed by atoms with van der Waals surface area (Å²) in [5.41, 5.74) is 5.13. The standard InChI is InChI=1S/C24H23ClN2O2/c1-15-7-12-19(21(25)13-15)17-8-10-18(11-9-17)22-20(23(28)27-24(29)26-22)14-16-5-3-2-4-6-16/h2-8,12-13,18H,9-11,14H2,1H3,(H2,26,27,28,29)/t18-/m0/s1. The third-order valence-electron chi connectivity index (χ3n) is 5.59. The molecule has 0 spiro atoms. The Hall–Kier alpha value is -2.85. The van der Waals surface area contributed by atoms with Gasteiger partial charge in [-0.25, -0.2) is 4.79 Å². The molecule has 0 bridgehead atoms. The molecule has 0 radical (unpaired) electrons. The number of rotatable bonds is 4. The second-order valence-corrected chi connectivity index (χ2v) is 8.05. The average Bonchev–Trinajstić information content (AvgIpc) is 2.71. The van der Waals surface area contributed by atoms with E-state index in [-0.39, 0.29) is 11.5 Å². The zero-order valence-corrected chi connectivity index (χ0v) is 17.1. The molecule has 0 fully saturated rings. The van der Waals surface area contributed by atoms with Crippen LogP contribution in [0.5, 0.6) is 0 Å².